The zero-order valence-electron chi connectivity index (χ0n) is 11.9. The third-order valence-corrected chi connectivity index (χ3v) is 3.06. The quantitative estimate of drug-likeness (QED) is 0.520. The minimum atomic E-state index is -0.714. The third-order valence-electron chi connectivity index (χ3n) is 3.06. The topological polar surface area (TPSA) is 116 Å². The SMILES string of the molecule is COC(=O)/C=C/C(=O)O[C@H]1C[C@@H](CC(N)=O)N(C(C)=O)C1. The molecular formula is C13H18N2O6. The second kappa shape index (κ2) is 7.41. The molecule has 21 heavy (non-hydrogen) atoms. The van der Waals surface area contributed by atoms with Crippen LogP contribution in [0.4, 0.5) is 0 Å². The largest absolute Gasteiger partial charge is 0.466 e. The fraction of sp³-hybridized carbons (Fsp3) is 0.538. The van der Waals surface area contributed by atoms with E-state index in [4.69, 9.17) is 10.5 Å². The number of ether oxygens (including phenoxy) is 2. The minimum Gasteiger partial charge on any atom is -0.466 e. The zero-order chi connectivity index (χ0) is 16.0. The summed E-state index contributed by atoms with van der Waals surface area (Å²) in [6.07, 6.45) is 1.71. The number of hydrogen-bond acceptors (Lipinski definition) is 6. The first-order chi connectivity index (χ1) is 9.83. The average Bonchev–Trinajstić information content (AvgIpc) is 2.77. The lowest BCUT2D eigenvalue weighted by atomic mass is 10.1. The number of amides is 2. The van der Waals surface area contributed by atoms with E-state index >= 15 is 0 Å². The highest BCUT2D eigenvalue weighted by Crippen LogP contribution is 2.23. The van der Waals surface area contributed by atoms with Gasteiger partial charge in [0.05, 0.1) is 13.7 Å². The fourth-order valence-corrected chi connectivity index (χ4v) is 2.18. The molecule has 0 radical (unpaired) electrons. The number of esters is 2. The summed E-state index contributed by atoms with van der Waals surface area (Å²) in [5.41, 5.74) is 5.13. The third kappa shape index (κ3) is 5.25. The Morgan fingerprint density at radius 1 is 1.24 bits per heavy atom. The maximum atomic E-state index is 11.5. The lowest BCUT2D eigenvalue weighted by Gasteiger charge is -2.21. The number of nitrogens with two attached hydrogens (primary N) is 1. The van der Waals surface area contributed by atoms with Gasteiger partial charge in [0.25, 0.3) is 0 Å². The number of hydrogen-bond donors (Lipinski definition) is 1. The lowest BCUT2D eigenvalue weighted by Crippen LogP contribution is -2.36. The van der Waals surface area contributed by atoms with Crippen molar-refractivity contribution in [3.05, 3.63) is 12.2 Å². The lowest BCUT2D eigenvalue weighted by molar-refractivity contribution is -0.144. The van der Waals surface area contributed by atoms with Crippen LogP contribution >= 0.6 is 0 Å². The van der Waals surface area contributed by atoms with Crippen LogP contribution in [-0.4, -0.2) is 54.5 Å². The van der Waals surface area contributed by atoms with Gasteiger partial charge in [-0.15, -0.1) is 0 Å². The number of likely N-dealkylation sites (tertiary alicyclic amines) is 1. The molecule has 1 saturated heterocycles. The van der Waals surface area contributed by atoms with E-state index in [1.54, 1.807) is 0 Å². The molecule has 0 saturated carbocycles. The van der Waals surface area contributed by atoms with Crippen LogP contribution in [0.5, 0.6) is 0 Å². The highest BCUT2D eigenvalue weighted by Gasteiger charge is 2.36. The van der Waals surface area contributed by atoms with Crippen molar-refractivity contribution in [2.75, 3.05) is 13.7 Å². The van der Waals surface area contributed by atoms with E-state index in [0.29, 0.717) is 6.42 Å². The van der Waals surface area contributed by atoms with Crippen LogP contribution in [0.1, 0.15) is 19.8 Å². The predicted octanol–water partition coefficient (Wildman–Crippen LogP) is -0.876. The van der Waals surface area contributed by atoms with Gasteiger partial charge >= 0.3 is 11.9 Å². The van der Waals surface area contributed by atoms with Gasteiger partial charge in [0.1, 0.15) is 6.10 Å². The van der Waals surface area contributed by atoms with Gasteiger partial charge < -0.3 is 20.1 Å². The standard InChI is InChI=1S/C13H18N2O6/c1-8(16)15-7-10(5-9(15)6-11(14)17)21-13(19)4-3-12(18)20-2/h3-4,9-10H,5-7H2,1-2H3,(H2,14,17)/b4-3+/t9-,10-/m0/s1. The monoisotopic (exact) mass is 298 g/mol. The van der Waals surface area contributed by atoms with E-state index in [2.05, 4.69) is 4.74 Å². The molecular weight excluding hydrogens is 280 g/mol. The molecule has 116 valence electrons. The summed E-state index contributed by atoms with van der Waals surface area (Å²) in [6, 6.07) is -0.373. The van der Waals surface area contributed by atoms with Gasteiger partial charge in [-0.1, -0.05) is 0 Å². The highest BCUT2D eigenvalue weighted by atomic mass is 16.5. The molecule has 0 spiro atoms. The molecule has 8 nitrogen and oxygen atoms in total. The van der Waals surface area contributed by atoms with Crippen LogP contribution in [0.15, 0.2) is 12.2 Å². The maximum Gasteiger partial charge on any atom is 0.331 e. The van der Waals surface area contributed by atoms with Gasteiger partial charge in [0.15, 0.2) is 0 Å². The van der Waals surface area contributed by atoms with Crippen LogP contribution in [0.3, 0.4) is 0 Å². The van der Waals surface area contributed by atoms with Crippen LogP contribution in [0.2, 0.25) is 0 Å². The van der Waals surface area contributed by atoms with Gasteiger partial charge in [-0.2, -0.15) is 0 Å². The number of carbonyl (C=O) groups is 4. The molecule has 0 aliphatic carbocycles. The van der Waals surface area contributed by atoms with E-state index in [9.17, 15) is 19.2 Å². The van der Waals surface area contributed by atoms with Crippen molar-refractivity contribution < 1.29 is 28.7 Å². The zero-order valence-corrected chi connectivity index (χ0v) is 11.9. The Bertz CT molecular complexity index is 473. The van der Waals surface area contributed by atoms with Crippen molar-refractivity contribution in [2.45, 2.75) is 31.9 Å². The Kier molecular flexibility index (Phi) is 5.89. The Labute approximate surface area is 121 Å². The molecule has 0 unspecified atom stereocenters. The number of nitrogens with zero attached hydrogens (tertiary/aromatic N) is 1. The molecule has 2 amide bonds. The first kappa shape index (κ1) is 16.7. The van der Waals surface area contributed by atoms with Crippen molar-refractivity contribution >= 4 is 23.8 Å². The molecule has 0 aromatic carbocycles. The van der Waals surface area contributed by atoms with Crippen LogP contribution < -0.4 is 5.73 Å². The van der Waals surface area contributed by atoms with E-state index in [-0.39, 0.29) is 24.9 Å². The molecule has 1 fully saturated rings. The van der Waals surface area contributed by atoms with Gasteiger partial charge in [-0.05, 0) is 0 Å². The first-order valence-corrected chi connectivity index (χ1v) is 6.35. The maximum absolute atomic E-state index is 11.5. The van der Waals surface area contributed by atoms with Crippen molar-refractivity contribution in [3.8, 4) is 0 Å². The van der Waals surface area contributed by atoms with Crippen molar-refractivity contribution in [1.82, 2.24) is 4.90 Å². The van der Waals surface area contributed by atoms with E-state index in [0.717, 1.165) is 12.2 Å². The van der Waals surface area contributed by atoms with E-state index in [1.165, 1.54) is 18.9 Å². The molecule has 8 heteroatoms. The summed E-state index contributed by atoms with van der Waals surface area (Å²) in [4.78, 5) is 46.3. The number of primary amides is 1. The summed E-state index contributed by atoms with van der Waals surface area (Å²) in [7, 11) is 1.19. The molecule has 2 atom stereocenters. The summed E-state index contributed by atoms with van der Waals surface area (Å²) < 4.78 is 9.46. The Balaban J connectivity index is 2.59. The normalized spacial score (nSPS) is 21.3. The molecule has 1 aliphatic rings. The first-order valence-electron chi connectivity index (χ1n) is 6.35. The summed E-state index contributed by atoms with van der Waals surface area (Å²) >= 11 is 0. The number of methoxy groups -OCH3 is 1. The summed E-state index contributed by atoms with van der Waals surface area (Å²) in [6.45, 7) is 1.57. The summed E-state index contributed by atoms with van der Waals surface area (Å²) in [5.74, 6) is -2.13. The van der Waals surface area contributed by atoms with Gasteiger partial charge in [0.2, 0.25) is 11.8 Å². The van der Waals surface area contributed by atoms with E-state index in [1.807, 2.05) is 0 Å². The summed E-state index contributed by atoms with van der Waals surface area (Å²) in [5, 5.41) is 0. The number of rotatable bonds is 5. The van der Waals surface area contributed by atoms with Gasteiger partial charge in [-0.3, -0.25) is 9.59 Å². The molecule has 0 aromatic rings. The second-order valence-corrected chi connectivity index (χ2v) is 4.65. The van der Waals surface area contributed by atoms with Crippen molar-refractivity contribution in [1.29, 1.82) is 0 Å². The molecule has 1 rings (SSSR count). The van der Waals surface area contributed by atoms with Gasteiger partial charge in [-0.25, -0.2) is 9.59 Å². The minimum absolute atomic E-state index is 0.0195. The molecule has 1 aliphatic heterocycles. The Morgan fingerprint density at radius 2 is 1.86 bits per heavy atom. The van der Waals surface area contributed by atoms with E-state index < -0.39 is 23.9 Å². The highest BCUT2D eigenvalue weighted by molar-refractivity contribution is 5.91. The van der Waals surface area contributed by atoms with Gasteiger partial charge in [0, 0.05) is 38.0 Å². The van der Waals surface area contributed by atoms with Crippen LogP contribution in [-0.2, 0) is 28.7 Å². The molecule has 2 N–H and O–H groups in total. The smallest absolute Gasteiger partial charge is 0.331 e. The second-order valence-electron chi connectivity index (χ2n) is 4.65. The predicted molar refractivity (Wildman–Crippen MR) is 70.6 cm³/mol. The van der Waals surface area contributed by atoms with Crippen molar-refractivity contribution in [3.63, 3.8) is 0 Å². The molecule has 0 aromatic heterocycles. The Morgan fingerprint density at radius 3 is 2.38 bits per heavy atom. The molecule has 1 heterocycles. The average molecular weight is 298 g/mol. The van der Waals surface area contributed by atoms with Crippen LogP contribution in [0.25, 0.3) is 0 Å². The molecule has 0 bridgehead atoms. The fourth-order valence-electron chi connectivity index (χ4n) is 2.18. The van der Waals surface area contributed by atoms with Crippen molar-refractivity contribution in [2.24, 2.45) is 5.73 Å². The number of carbonyl (C=O) groups excluding carboxylic acids is 4. The Hall–Kier alpha value is -2.38. The van der Waals surface area contributed by atoms with Crippen LogP contribution in [0, 0.1) is 0 Å².